The number of rotatable bonds is 7. The van der Waals surface area contributed by atoms with Crippen LogP contribution in [-0.4, -0.2) is 21.9 Å². The molecule has 4 nitrogen and oxygen atoms in total. The zero-order valence-electron chi connectivity index (χ0n) is 14.5. The van der Waals surface area contributed by atoms with Gasteiger partial charge in [0, 0.05) is 17.9 Å². The lowest BCUT2D eigenvalue weighted by atomic mass is 10.1. The van der Waals surface area contributed by atoms with Crippen LogP contribution < -0.4 is 4.74 Å². The minimum atomic E-state index is 0.662. The van der Waals surface area contributed by atoms with Crippen molar-refractivity contribution in [1.29, 1.82) is 0 Å². The molecule has 1 heterocycles. The van der Waals surface area contributed by atoms with Crippen molar-refractivity contribution in [2.24, 2.45) is 0 Å². The Hall–Kier alpha value is -2.53. The minimum Gasteiger partial charge on any atom is -0.497 e. The van der Waals surface area contributed by atoms with Gasteiger partial charge in [-0.25, -0.2) is 0 Å². The third-order valence-corrected chi connectivity index (χ3v) is 4.99. The summed E-state index contributed by atoms with van der Waals surface area (Å²) in [6.07, 6.45) is 1.87. The Kier molecular flexibility index (Phi) is 5.56. The highest BCUT2D eigenvalue weighted by Gasteiger charge is 2.14. The van der Waals surface area contributed by atoms with Crippen LogP contribution >= 0.6 is 11.8 Å². The summed E-state index contributed by atoms with van der Waals surface area (Å²) in [5.41, 5.74) is 3.58. The van der Waals surface area contributed by atoms with E-state index in [1.807, 2.05) is 30.3 Å². The molecular formula is C20H21N3OS. The number of hydrogen-bond acceptors (Lipinski definition) is 4. The molecule has 0 unspecified atom stereocenters. The number of methoxy groups -OCH3 is 1. The average Bonchev–Trinajstić information content (AvgIpc) is 3.04. The second-order valence-electron chi connectivity index (χ2n) is 5.65. The van der Waals surface area contributed by atoms with Crippen LogP contribution in [0.4, 0.5) is 0 Å². The molecule has 0 aliphatic heterocycles. The molecule has 0 spiro atoms. The fourth-order valence-corrected chi connectivity index (χ4v) is 3.60. The second-order valence-corrected chi connectivity index (χ2v) is 6.60. The molecule has 25 heavy (non-hydrogen) atoms. The fraction of sp³-hybridized carbons (Fsp3) is 0.200. The van der Waals surface area contributed by atoms with Gasteiger partial charge in [-0.15, -0.1) is 16.8 Å². The number of aromatic nitrogens is 3. The topological polar surface area (TPSA) is 39.9 Å². The van der Waals surface area contributed by atoms with Crippen molar-refractivity contribution in [3.05, 3.63) is 72.3 Å². The first-order chi connectivity index (χ1) is 12.2. The van der Waals surface area contributed by atoms with E-state index in [1.54, 1.807) is 18.9 Å². The van der Waals surface area contributed by atoms with E-state index >= 15 is 0 Å². The van der Waals surface area contributed by atoms with Crippen molar-refractivity contribution in [2.45, 2.75) is 24.4 Å². The summed E-state index contributed by atoms with van der Waals surface area (Å²) in [7, 11) is 1.66. The van der Waals surface area contributed by atoms with Gasteiger partial charge in [0.15, 0.2) is 11.0 Å². The maximum Gasteiger partial charge on any atom is 0.192 e. The predicted octanol–water partition coefficient (Wildman–Crippen LogP) is 4.74. The Balaban J connectivity index is 1.89. The van der Waals surface area contributed by atoms with Crippen molar-refractivity contribution in [3.63, 3.8) is 0 Å². The highest BCUT2D eigenvalue weighted by atomic mass is 32.2. The molecule has 0 bridgehead atoms. The lowest BCUT2D eigenvalue weighted by Crippen LogP contribution is -2.01. The quantitative estimate of drug-likeness (QED) is 0.455. The van der Waals surface area contributed by atoms with E-state index < -0.39 is 0 Å². The summed E-state index contributed by atoms with van der Waals surface area (Å²) in [4.78, 5) is 0. The third kappa shape index (κ3) is 3.94. The number of nitrogens with zero attached hydrogens (tertiary/aromatic N) is 3. The van der Waals surface area contributed by atoms with Crippen LogP contribution in [-0.2, 0) is 12.3 Å². The van der Waals surface area contributed by atoms with Gasteiger partial charge in [-0.1, -0.05) is 54.2 Å². The van der Waals surface area contributed by atoms with Crippen molar-refractivity contribution >= 4 is 11.8 Å². The van der Waals surface area contributed by atoms with Gasteiger partial charge in [-0.05, 0) is 30.2 Å². The standard InChI is InChI=1S/C20H21N3OS/c1-4-12-23-19(16-10-7-11-18(13-16)24-3)21-22-20(23)25-14-17-9-6-5-8-15(17)2/h4-11,13H,1,12,14H2,2-3H3. The summed E-state index contributed by atoms with van der Waals surface area (Å²) < 4.78 is 7.41. The molecule has 0 saturated heterocycles. The molecule has 1 aromatic heterocycles. The monoisotopic (exact) mass is 351 g/mol. The van der Waals surface area contributed by atoms with Crippen molar-refractivity contribution < 1.29 is 4.74 Å². The third-order valence-electron chi connectivity index (χ3n) is 3.97. The highest BCUT2D eigenvalue weighted by Crippen LogP contribution is 2.28. The van der Waals surface area contributed by atoms with Crippen LogP contribution in [0.25, 0.3) is 11.4 Å². The van der Waals surface area contributed by atoms with E-state index in [-0.39, 0.29) is 0 Å². The summed E-state index contributed by atoms with van der Waals surface area (Å²) in [6, 6.07) is 16.3. The minimum absolute atomic E-state index is 0.662. The average molecular weight is 351 g/mol. The zero-order chi connectivity index (χ0) is 17.6. The summed E-state index contributed by atoms with van der Waals surface area (Å²) >= 11 is 1.69. The van der Waals surface area contributed by atoms with E-state index in [2.05, 4.69) is 52.5 Å². The molecule has 0 radical (unpaired) electrons. The Morgan fingerprint density at radius 1 is 1.16 bits per heavy atom. The van der Waals surface area contributed by atoms with Crippen LogP contribution in [0.3, 0.4) is 0 Å². The number of hydrogen-bond donors (Lipinski definition) is 0. The highest BCUT2D eigenvalue weighted by molar-refractivity contribution is 7.98. The number of allylic oxidation sites excluding steroid dienone is 1. The summed E-state index contributed by atoms with van der Waals surface area (Å²) in [5.74, 6) is 2.49. The molecule has 0 N–H and O–H groups in total. The number of thioether (sulfide) groups is 1. The molecule has 0 amide bonds. The maximum absolute atomic E-state index is 5.32. The smallest absolute Gasteiger partial charge is 0.192 e. The van der Waals surface area contributed by atoms with Gasteiger partial charge in [0.05, 0.1) is 7.11 Å². The number of aryl methyl sites for hydroxylation is 1. The SMILES string of the molecule is C=CCn1c(SCc2ccccc2C)nnc1-c1cccc(OC)c1. The van der Waals surface area contributed by atoms with Crippen LogP contribution in [0, 0.1) is 6.92 Å². The van der Waals surface area contributed by atoms with E-state index in [0.717, 1.165) is 28.0 Å². The molecule has 2 aromatic carbocycles. The molecule has 0 fully saturated rings. The van der Waals surface area contributed by atoms with Crippen LogP contribution in [0.2, 0.25) is 0 Å². The van der Waals surface area contributed by atoms with Gasteiger partial charge < -0.3 is 4.74 Å². The molecular weight excluding hydrogens is 330 g/mol. The fourth-order valence-electron chi connectivity index (χ4n) is 2.58. The lowest BCUT2D eigenvalue weighted by Gasteiger charge is -2.09. The second kappa shape index (κ2) is 8.03. The molecule has 3 aromatic rings. The first kappa shape index (κ1) is 17.3. The van der Waals surface area contributed by atoms with Gasteiger partial charge in [0.2, 0.25) is 0 Å². The molecule has 5 heteroatoms. The summed E-state index contributed by atoms with van der Waals surface area (Å²) in [5, 5.41) is 9.69. The zero-order valence-corrected chi connectivity index (χ0v) is 15.3. The van der Waals surface area contributed by atoms with Gasteiger partial charge in [0.25, 0.3) is 0 Å². The lowest BCUT2D eigenvalue weighted by molar-refractivity contribution is 0.415. The molecule has 3 rings (SSSR count). The van der Waals surface area contributed by atoms with Crippen LogP contribution in [0.15, 0.2) is 66.3 Å². The van der Waals surface area contributed by atoms with Gasteiger partial charge in [-0.2, -0.15) is 0 Å². The van der Waals surface area contributed by atoms with Crippen LogP contribution in [0.1, 0.15) is 11.1 Å². The Morgan fingerprint density at radius 3 is 2.76 bits per heavy atom. The Morgan fingerprint density at radius 2 is 2.00 bits per heavy atom. The normalized spacial score (nSPS) is 10.6. The van der Waals surface area contributed by atoms with Crippen LogP contribution in [0.5, 0.6) is 5.75 Å². The van der Waals surface area contributed by atoms with E-state index in [9.17, 15) is 0 Å². The van der Waals surface area contributed by atoms with Gasteiger partial charge in [0.1, 0.15) is 5.75 Å². The Bertz CT molecular complexity index is 873. The predicted molar refractivity (Wildman–Crippen MR) is 103 cm³/mol. The molecule has 0 saturated carbocycles. The number of ether oxygens (including phenoxy) is 1. The van der Waals surface area contributed by atoms with Crippen molar-refractivity contribution in [3.8, 4) is 17.1 Å². The summed E-state index contributed by atoms with van der Waals surface area (Å²) in [6.45, 7) is 6.66. The first-order valence-electron chi connectivity index (χ1n) is 8.08. The van der Waals surface area contributed by atoms with E-state index in [4.69, 9.17) is 4.74 Å². The van der Waals surface area contributed by atoms with Gasteiger partial charge in [-0.3, -0.25) is 4.57 Å². The molecule has 0 aliphatic rings. The van der Waals surface area contributed by atoms with Crippen molar-refractivity contribution in [1.82, 2.24) is 14.8 Å². The Labute approximate surface area is 152 Å². The maximum atomic E-state index is 5.32. The molecule has 128 valence electrons. The van der Waals surface area contributed by atoms with E-state index in [1.165, 1.54) is 11.1 Å². The number of benzene rings is 2. The molecule has 0 atom stereocenters. The largest absolute Gasteiger partial charge is 0.497 e. The molecule has 0 aliphatic carbocycles. The van der Waals surface area contributed by atoms with E-state index in [0.29, 0.717) is 6.54 Å². The van der Waals surface area contributed by atoms with Gasteiger partial charge >= 0.3 is 0 Å². The van der Waals surface area contributed by atoms with Crippen molar-refractivity contribution in [2.75, 3.05) is 7.11 Å². The first-order valence-corrected chi connectivity index (χ1v) is 9.07.